The van der Waals surface area contributed by atoms with Gasteiger partial charge in [0.2, 0.25) is 0 Å². The Hall–Kier alpha value is -2.38. The molecular formula is C17H24FN3O4. The molecule has 1 aliphatic rings. The van der Waals surface area contributed by atoms with Crippen molar-refractivity contribution in [1.29, 1.82) is 0 Å². The number of carbonyl (C=O) groups is 1. The van der Waals surface area contributed by atoms with Crippen LogP contribution in [0.2, 0.25) is 0 Å². The first-order chi connectivity index (χ1) is 11.7. The molecule has 7 nitrogen and oxygen atoms in total. The minimum absolute atomic E-state index is 0.0910. The molecule has 0 atom stereocenters. The van der Waals surface area contributed by atoms with Crippen LogP contribution in [0, 0.1) is 21.8 Å². The average molecular weight is 353 g/mol. The smallest absolute Gasteiger partial charge is 0.407 e. The first kappa shape index (κ1) is 19.0. The lowest BCUT2D eigenvalue weighted by Crippen LogP contribution is -2.40. The van der Waals surface area contributed by atoms with Gasteiger partial charge < -0.3 is 15.0 Å². The summed E-state index contributed by atoms with van der Waals surface area (Å²) in [4.78, 5) is 24.1. The molecule has 138 valence electrons. The summed E-state index contributed by atoms with van der Waals surface area (Å²) in [6.45, 7) is 7.05. The van der Waals surface area contributed by atoms with Gasteiger partial charge in [0.1, 0.15) is 17.1 Å². The summed E-state index contributed by atoms with van der Waals surface area (Å²) in [6, 6.07) is 3.50. The molecule has 1 aromatic carbocycles. The summed E-state index contributed by atoms with van der Waals surface area (Å²) in [7, 11) is 0. The van der Waals surface area contributed by atoms with Crippen LogP contribution >= 0.6 is 0 Å². The molecule has 0 aliphatic carbocycles. The number of nitrogens with one attached hydrogen (secondary N) is 1. The van der Waals surface area contributed by atoms with E-state index in [1.54, 1.807) is 20.8 Å². The maximum absolute atomic E-state index is 13.5. The lowest BCUT2D eigenvalue weighted by atomic mass is 9.96. The Balaban J connectivity index is 1.89. The van der Waals surface area contributed by atoms with Crippen molar-refractivity contribution in [1.82, 2.24) is 5.32 Å². The maximum atomic E-state index is 13.5. The Bertz CT molecular complexity index is 637. The van der Waals surface area contributed by atoms with E-state index in [0.717, 1.165) is 18.9 Å². The van der Waals surface area contributed by atoms with Gasteiger partial charge in [-0.1, -0.05) is 0 Å². The van der Waals surface area contributed by atoms with Crippen molar-refractivity contribution in [2.24, 2.45) is 5.92 Å². The molecule has 2 rings (SSSR count). The second-order valence-corrected chi connectivity index (χ2v) is 7.20. The number of benzene rings is 1. The average Bonchev–Trinajstić information content (AvgIpc) is 2.51. The van der Waals surface area contributed by atoms with Crippen LogP contribution in [-0.4, -0.2) is 36.3 Å². The molecule has 1 saturated heterocycles. The van der Waals surface area contributed by atoms with E-state index in [1.165, 1.54) is 12.1 Å². The van der Waals surface area contributed by atoms with Crippen molar-refractivity contribution in [3.8, 4) is 0 Å². The van der Waals surface area contributed by atoms with Gasteiger partial charge in [-0.3, -0.25) is 10.1 Å². The van der Waals surface area contributed by atoms with Crippen molar-refractivity contribution in [2.75, 3.05) is 24.5 Å². The number of halogens is 1. The number of piperidine rings is 1. The quantitative estimate of drug-likeness (QED) is 0.662. The Morgan fingerprint density at radius 2 is 2.04 bits per heavy atom. The van der Waals surface area contributed by atoms with E-state index in [4.69, 9.17) is 4.74 Å². The zero-order valence-electron chi connectivity index (χ0n) is 14.8. The van der Waals surface area contributed by atoms with Crippen LogP contribution in [-0.2, 0) is 4.74 Å². The molecule has 1 fully saturated rings. The van der Waals surface area contributed by atoms with E-state index in [-0.39, 0.29) is 11.6 Å². The van der Waals surface area contributed by atoms with Crippen LogP contribution < -0.4 is 10.2 Å². The molecule has 0 bridgehead atoms. The fourth-order valence-electron chi connectivity index (χ4n) is 2.82. The van der Waals surface area contributed by atoms with Crippen molar-refractivity contribution >= 4 is 17.5 Å². The van der Waals surface area contributed by atoms with E-state index in [1.807, 2.05) is 4.90 Å². The van der Waals surface area contributed by atoms with Gasteiger partial charge in [0, 0.05) is 31.8 Å². The molecule has 1 aliphatic heterocycles. The fraction of sp³-hybridized carbons (Fsp3) is 0.588. The number of hydrogen-bond acceptors (Lipinski definition) is 5. The molecule has 1 N–H and O–H groups in total. The summed E-state index contributed by atoms with van der Waals surface area (Å²) < 4.78 is 18.7. The van der Waals surface area contributed by atoms with Crippen molar-refractivity contribution in [3.63, 3.8) is 0 Å². The molecule has 0 spiro atoms. The van der Waals surface area contributed by atoms with Crippen LogP contribution in [0.5, 0.6) is 0 Å². The number of ether oxygens (including phenoxy) is 1. The van der Waals surface area contributed by atoms with Gasteiger partial charge in [-0.25, -0.2) is 9.18 Å². The highest BCUT2D eigenvalue weighted by atomic mass is 19.1. The largest absolute Gasteiger partial charge is 0.444 e. The minimum Gasteiger partial charge on any atom is -0.444 e. The van der Waals surface area contributed by atoms with E-state index in [0.29, 0.717) is 25.3 Å². The Morgan fingerprint density at radius 1 is 1.40 bits per heavy atom. The summed E-state index contributed by atoms with van der Waals surface area (Å²) in [5.41, 5.74) is -0.320. The SMILES string of the molecule is CC(C)(C)OC(=O)NCC1CCN(c2cc(F)ccc2[N+](=O)[O-])CC1. The van der Waals surface area contributed by atoms with Crippen molar-refractivity contribution < 1.29 is 18.8 Å². The first-order valence-electron chi connectivity index (χ1n) is 8.31. The summed E-state index contributed by atoms with van der Waals surface area (Å²) in [6.07, 6.45) is 1.06. The van der Waals surface area contributed by atoms with Crippen LogP contribution in [0.15, 0.2) is 18.2 Å². The maximum Gasteiger partial charge on any atom is 0.407 e. The zero-order chi connectivity index (χ0) is 18.6. The topological polar surface area (TPSA) is 84.7 Å². The van der Waals surface area contributed by atoms with E-state index >= 15 is 0 Å². The molecule has 0 radical (unpaired) electrons. The third-order valence-electron chi connectivity index (χ3n) is 4.02. The Labute approximate surface area is 146 Å². The monoisotopic (exact) mass is 353 g/mol. The van der Waals surface area contributed by atoms with Gasteiger partial charge in [0.25, 0.3) is 5.69 Å². The lowest BCUT2D eigenvalue weighted by molar-refractivity contribution is -0.384. The minimum atomic E-state index is -0.538. The molecule has 0 aromatic heterocycles. The molecule has 25 heavy (non-hydrogen) atoms. The Kier molecular flexibility index (Phi) is 5.81. The van der Waals surface area contributed by atoms with Gasteiger partial charge in [-0.2, -0.15) is 0 Å². The van der Waals surface area contributed by atoms with Crippen LogP contribution in [0.1, 0.15) is 33.6 Å². The number of rotatable bonds is 4. The van der Waals surface area contributed by atoms with Crippen molar-refractivity contribution in [3.05, 3.63) is 34.1 Å². The third-order valence-corrected chi connectivity index (χ3v) is 4.02. The summed E-state index contributed by atoms with van der Waals surface area (Å²) in [5, 5.41) is 13.9. The predicted molar refractivity (Wildman–Crippen MR) is 92.2 cm³/mol. The van der Waals surface area contributed by atoms with Gasteiger partial charge in [0.15, 0.2) is 0 Å². The van der Waals surface area contributed by atoms with Gasteiger partial charge in [0.05, 0.1) is 4.92 Å². The summed E-state index contributed by atoms with van der Waals surface area (Å²) in [5.74, 6) is -0.231. The number of amides is 1. The highest BCUT2D eigenvalue weighted by Gasteiger charge is 2.26. The number of nitro groups is 1. The second-order valence-electron chi connectivity index (χ2n) is 7.20. The molecule has 1 heterocycles. The Morgan fingerprint density at radius 3 is 2.60 bits per heavy atom. The first-order valence-corrected chi connectivity index (χ1v) is 8.31. The number of anilines is 1. The van der Waals surface area contributed by atoms with E-state index in [9.17, 15) is 19.3 Å². The standard InChI is InChI=1S/C17H24FN3O4/c1-17(2,3)25-16(22)19-11-12-6-8-20(9-7-12)15-10-13(18)4-5-14(15)21(23)24/h4-5,10,12H,6-9,11H2,1-3H3,(H,19,22). The number of nitrogens with zero attached hydrogens (tertiary/aromatic N) is 2. The van der Waals surface area contributed by atoms with Crippen molar-refractivity contribution in [2.45, 2.75) is 39.2 Å². The number of carbonyl (C=O) groups excluding carboxylic acids is 1. The number of nitro benzene ring substituents is 1. The lowest BCUT2D eigenvalue weighted by Gasteiger charge is -2.33. The van der Waals surface area contributed by atoms with Crippen LogP contribution in [0.4, 0.5) is 20.6 Å². The molecule has 1 amide bonds. The normalized spacial score (nSPS) is 15.8. The third kappa shape index (κ3) is 5.58. The van der Waals surface area contributed by atoms with Crippen LogP contribution in [0.3, 0.4) is 0 Å². The fourth-order valence-corrected chi connectivity index (χ4v) is 2.82. The van der Waals surface area contributed by atoms with Gasteiger partial charge in [-0.15, -0.1) is 0 Å². The second kappa shape index (κ2) is 7.67. The highest BCUT2D eigenvalue weighted by molar-refractivity contribution is 5.67. The van der Waals surface area contributed by atoms with Gasteiger partial charge in [-0.05, 0) is 45.6 Å². The molecule has 1 aromatic rings. The number of hydrogen-bond donors (Lipinski definition) is 1. The zero-order valence-corrected chi connectivity index (χ0v) is 14.8. The van der Waals surface area contributed by atoms with Gasteiger partial charge >= 0.3 is 6.09 Å². The number of alkyl carbamates (subject to hydrolysis) is 1. The summed E-state index contributed by atoms with van der Waals surface area (Å²) >= 11 is 0. The molecular weight excluding hydrogens is 329 g/mol. The van der Waals surface area contributed by atoms with E-state index < -0.39 is 22.4 Å². The molecule has 8 heteroatoms. The van der Waals surface area contributed by atoms with Crippen LogP contribution in [0.25, 0.3) is 0 Å². The predicted octanol–water partition coefficient (Wildman–Crippen LogP) is 3.48. The molecule has 0 unspecified atom stereocenters. The van der Waals surface area contributed by atoms with E-state index in [2.05, 4.69) is 5.32 Å². The molecule has 0 saturated carbocycles. The highest BCUT2D eigenvalue weighted by Crippen LogP contribution is 2.32.